The van der Waals surface area contributed by atoms with Crippen molar-refractivity contribution in [3.8, 4) is 0 Å². The number of hydrogen-bond donors (Lipinski definition) is 2. The number of sulfonamides is 1. The van der Waals surface area contributed by atoms with Crippen molar-refractivity contribution in [2.45, 2.75) is 46.6 Å². The van der Waals surface area contributed by atoms with E-state index in [2.05, 4.69) is 35.6 Å². The van der Waals surface area contributed by atoms with E-state index in [1.807, 2.05) is 11.6 Å². The molecule has 1 saturated heterocycles. The minimum atomic E-state index is -3.06. The van der Waals surface area contributed by atoms with Gasteiger partial charge in [-0.25, -0.2) is 12.7 Å². The minimum absolute atomic E-state index is 0. The number of halogens is 1. The molecule has 0 bridgehead atoms. The number of hydrogen-bond acceptors (Lipinski definition) is 4. The molecule has 1 aromatic rings. The first-order valence-corrected chi connectivity index (χ1v) is 11.6. The summed E-state index contributed by atoms with van der Waals surface area (Å²) in [7, 11) is -3.06. The predicted octanol–water partition coefficient (Wildman–Crippen LogP) is 1.73. The summed E-state index contributed by atoms with van der Waals surface area (Å²) in [5.74, 6) is 1.27. The van der Waals surface area contributed by atoms with E-state index in [9.17, 15) is 8.42 Å². The van der Waals surface area contributed by atoms with Crippen molar-refractivity contribution in [3.63, 3.8) is 0 Å². The van der Waals surface area contributed by atoms with Crippen LogP contribution < -0.4 is 10.6 Å². The summed E-state index contributed by atoms with van der Waals surface area (Å²) in [5, 5.41) is 11.1. The van der Waals surface area contributed by atoms with E-state index in [-0.39, 0.29) is 24.0 Å². The lowest BCUT2D eigenvalue weighted by atomic mass is 9.98. The van der Waals surface area contributed by atoms with Crippen LogP contribution in [-0.4, -0.2) is 67.4 Å². The third-order valence-corrected chi connectivity index (χ3v) is 6.14. The van der Waals surface area contributed by atoms with Crippen molar-refractivity contribution < 1.29 is 8.42 Å². The van der Waals surface area contributed by atoms with E-state index < -0.39 is 10.0 Å². The van der Waals surface area contributed by atoms with Crippen LogP contribution in [-0.2, 0) is 16.6 Å². The average Bonchev–Trinajstić information content (AvgIpc) is 2.93. The van der Waals surface area contributed by atoms with Crippen LogP contribution in [0.2, 0.25) is 0 Å². The third-order valence-electron chi connectivity index (χ3n) is 4.84. The normalized spacial score (nSPS) is 16.6. The Balaban J connectivity index is 0.00000392. The Kier molecular flexibility index (Phi) is 10.7. The van der Waals surface area contributed by atoms with Gasteiger partial charge in [-0.2, -0.15) is 5.10 Å². The standard InChI is InChI=1S/C18H34N6O2S.HI/c1-5-19-18(20-9-6-10-24-16(3)13-15(2)22-24)21-14-17-7-11-23(12-8-17)27(4,25)26;/h13,17H,5-12,14H2,1-4H3,(H2,19,20,21);1H. The van der Waals surface area contributed by atoms with Crippen molar-refractivity contribution in [3.05, 3.63) is 17.5 Å². The monoisotopic (exact) mass is 526 g/mol. The number of piperidine rings is 1. The highest BCUT2D eigenvalue weighted by atomic mass is 127. The topological polar surface area (TPSA) is 91.6 Å². The zero-order valence-corrected chi connectivity index (χ0v) is 20.6. The molecule has 0 aromatic carbocycles. The molecule has 28 heavy (non-hydrogen) atoms. The van der Waals surface area contributed by atoms with Gasteiger partial charge < -0.3 is 10.6 Å². The van der Waals surface area contributed by atoms with Gasteiger partial charge in [0.2, 0.25) is 10.0 Å². The molecule has 0 unspecified atom stereocenters. The van der Waals surface area contributed by atoms with Gasteiger partial charge in [0.25, 0.3) is 0 Å². The highest BCUT2D eigenvalue weighted by molar-refractivity contribution is 14.0. The molecular weight excluding hydrogens is 491 g/mol. The summed E-state index contributed by atoms with van der Waals surface area (Å²) in [6.45, 7) is 10.6. The van der Waals surface area contributed by atoms with E-state index >= 15 is 0 Å². The van der Waals surface area contributed by atoms with E-state index in [0.717, 1.165) is 57.1 Å². The number of nitrogens with zero attached hydrogens (tertiary/aromatic N) is 4. The maximum atomic E-state index is 11.6. The van der Waals surface area contributed by atoms with Crippen molar-refractivity contribution in [1.82, 2.24) is 24.7 Å². The molecule has 0 amide bonds. The maximum absolute atomic E-state index is 11.6. The zero-order chi connectivity index (χ0) is 19.9. The first kappa shape index (κ1) is 25.2. The van der Waals surface area contributed by atoms with E-state index in [4.69, 9.17) is 4.99 Å². The van der Waals surface area contributed by atoms with Crippen LogP contribution in [0.15, 0.2) is 11.1 Å². The highest BCUT2D eigenvalue weighted by Gasteiger charge is 2.24. The largest absolute Gasteiger partial charge is 0.357 e. The fourth-order valence-corrected chi connectivity index (χ4v) is 4.20. The number of aliphatic imine (C=N–C) groups is 1. The number of rotatable bonds is 8. The van der Waals surface area contributed by atoms with Crippen molar-refractivity contribution >= 4 is 40.0 Å². The molecule has 2 heterocycles. The van der Waals surface area contributed by atoms with Crippen LogP contribution in [0.4, 0.5) is 0 Å². The lowest BCUT2D eigenvalue weighted by Crippen LogP contribution is -2.40. The smallest absolute Gasteiger partial charge is 0.211 e. The summed E-state index contributed by atoms with van der Waals surface area (Å²) in [5.41, 5.74) is 2.24. The molecule has 10 heteroatoms. The Labute approximate surface area is 186 Å². The fourth-order valence-electron chi connectivity index (χ4n) is 3.32. The maximum Gasteiger partial charge on any atom is 0.211 e. The number of guanidine groups is 1. The Morgan fingerprint density at radius 1 is 1.29 bits per heavy atom. The second kappa shape index (κ2) is 12.0. The van der Waals surface area contributed by atoms with E-state index in [0.29, 0.717) is 19.0 Å². The number of aryl methyl sites for hydroxylation is 3. The minimum Gasteiger partial charge on any atom is -0.357 e. The van der Waals surface area contributed by atoms with Gasteiger partial charge in [-0.1, -0.05) is 0 Å². The number of nitrogens with one attached hydrogen (secondary N) is 2. The molecule has 1 aromatic heterocycles. The summed E-state index contributed by atoms with van der Waals surface area (Å²) in [4.78, 5) is 4.69. The second-order valence-corrected chi connectivity index (χ2v) is 9.24. The Hall–Kier alpha value is -0.880. The van der Waals surface area contributed by atoms with Gasteiger partial charge in [-0.3, -0.25) is 9.67 Å². The van der Waals surface area contributed by atoms with Crippen LogP contribution in [0, 0.1) is 19.8 Å². The zero-order valence-electron chi connectivity index (χ0n) is 17.4. The summed E-state index contributed by atoms with van der Waals surface area (Å²) >= 11 is 0. The molecule has 1 aliphatic rings. The molecule has 0 atom stereocenters. The van der Waals surface area contributed by atoms with Crippen LogP contribution in [0.3, 0.4) is 0 Å². The predicted molar refractivity (Wildman–Crippen MR) is 125 cm³/mol. The summed E-state index contributed by atoms with van der Waals surface area (Å²) < 4.78 is 26.8. The third kappa shape index (κ3) is 8.24. The average molecular weight is 526 g/mol. The van der Waals surface area contributed by atoms with Crippen LogP contribution >= 0.6 is 24.0 Å². The van der Waals surface area contributed by atoms with Gasteiger partial charge in [0.1, 0.15) is 0 Å². The van der Waals surface area contributed by atoms with E-state index in [1.165, 1.54) is 11.9 Å². The molecule has 0 aliphatic carbocycles. The Morgan fingerprint density at radius 3 is 2.50 bits per heavy atom. The quantitative estimate of drug-likeness (QED) is 0.233. The van der Waals surface area contributed by atoms with Gasteiger partial charge >= 0.3 is 0 Å². The first-order valence-electron chi connectivity index (χ1n) is 9.78. The SMILES string of the molecule is CCNC(=NCC1CCN(S(C)(=O)=O)CC1)NCCCn1nc(C)cc1C.I. The van der Waals surface area contributed by atoms with E-state index in [1.54, 1.807) is 4.31 Å². The molecule has 0 radical (unpaired) electrons. The molecule has 0 spiro atoms. The molecule has 2 rings (SSSR count). The van der Waals surface area contributed by atoms with Gasteiger partial charge in [-0.15, -0.1) is 24.0 Å². The van der Waals surface area contributed by atoms with Crippen molar-refractivity contribution in [1.29, 1.82) is 0 Å². The number of aromatic nitrogens is 2. The van der Waals surface area contributed by atoms with Crippen molar-refractivity contribution in [2.75, 3.05) is 39.0 Å². The van der Waals surface area contributed by atoms with Crippen LogP contribution in [0.1, 0.15) is 37.6 Å². The van der Waals surface area contributed by atoms with Crippen LogP contribution in [0.25, 0.3) is 0 Å². The Bertz CT molecular complexity index is 726. The van der Waals surface area contributed by atoms with Crippen LogP contribution in [0.5, 0.6) is 0 Å². The fraction of sp³-hybridized carbons (Fsp3) is 0.778. The molecule has 162 valence electrons. The van der Waals surface area contributed by atoms with Gasteiger partial charge in [0.15, 0.2) is 5.96 Å². The highest BCUT2D eigenvalue weighted by Crippen LogP contribution is 2.19. The summed E-state index contributed by atoms with van der Waals surface area (Å²) in [6, 6.07) is 2.09. The van der Waals surface area contributed by atoms with Gasteiger partial charge in [0.05, 0.1) is 11.9 Å². The molecule has 1 fully saturated rings. The summed E-state index contributed by atoms with van der Waals surface area (Å²) in [6.07, 6.45) is 3.99. The molecule has 2 N–H and O–H groups in total. The van der Waals surface area contributed by atoms with Gasteiger partial charge in [-0.05, 0) is 52.0 Å². The molecule has 0 saturated carbocycles. The second-order valence-electron chi connectivity index (χ2n) is 7.26. The Morgan fingerprint density at radius 2 is 1.96 bits per heavy atom. The lowest BCUT2D eigenvalue weighted by molar-refractivity contribution is 0.280. The lowest BCUT2D eigenvalue weighted by Gasteiger charge is -2.29. The molecular formula is C18H35IN6O2S. The molecule has 8 nitrogen and oxygen atoms in total. The molecule has 1 aliphatic heterocycles. The van der Waals surface area contributed by atoms with Crippen molar-refractivity contribution in [2.24, 2.45) is 10.9 Å². The van der Waals surface area contributed by atoms with Gasteiger partial charge in [0, 0.05) is 45.0 Å². The first-order chi connectivity index (χ1) is 12.8.